The van der Waals surface area contributed by atoms with E-state index in [1.807, 2.05) is 35.2 Å². The second-order valence-corrected chi connectivity index (χ2v) is 8.49. The zero-order valence-electron chi connectivity index (χ0n) is 17.8. The summed E-state index contributed by atoms with van der Waals surface area (Å²) in [7, 11) is 0. The molecule has 0 saturated carbocycles. The van der Waals surface area contributed by atoms with E-state index in [2.05, 4.69) is 4.90 Å². The molecule has 3 fully saturated rings. The van der Waals surface area contributed by atoms with Gasteiger partial charge in [0.25, 0.3) is 11.9 Å². The van der Waals surface area contributed by atoms with Crippen LogP contribution < -0.4 is 9.64 Å². The van der Waals surface area contributed by atoms with E-state index in [4.69, 9.17) is 9.15 Å². The summed E-state index contributed by atoms with van der Waals surface area (Å²) in [5, 5.41) is 0. The van der Waals surface area contributed by atoms with Gasteiger partial charge in [0.2, 0.25) is 0 Å². The molecule has 4 heterocycles. The summed E-state index contributed by atoms with van der Waals surface area (Å²) < 4.78 is 48.5. The van der Waals surface area contributed by atoms with Gasteiger partial charge in [-0.05, 0) is 68.2 Å². The van der Waals surface area contributed by atoms with E-state index < -0.39 is 11.7 Å². The molecule has 5 nitrogen and oxygen atoms in total. The first kappa shape index (κ1) is 21.6. The van der Waals surface area contributed by atoms with E-state index >= 15 is 0 Å². The second-order valence-electron chi connectivity index (χ2n) is 8.49. The van der Waals surface area contributed by atoms with Gasteiger partial charge in [-0.3, -0.25) is 4.79 Å². The lowest BCUT2D eigenvalue weighted by atomic mass is 9.82. The van der Waals surface area contributed by atoms with Crippen LogP contribution in [0.15, 0.2) is 71.3 Å². The van der Waals surface area contributed by atoms with Crippen molar-refractivity contribution in [3.63, 3.8) is 0 Å². The minimum absolute atomic E-state index is 0.0993. The van der Waals surface area contributed by atoms with Crippen LogP contribution in [0.5, 0.6) is 11.7 Å². The molecule has 3 aliphatic heterocycles. The Bertz CT molecular complexity index is 1100. The number of rotatable bonds is 5. The normalized spacial score (nSPS) is 22.2. The van der Waals surface area contributed by atoms with E-state index in [1.165, 1.54) is 0 Å². The van der Waals surface area contributed by atoms with E-state index in [0.717, 1.165) is 44.2 Å². The van der Waals surface area contributed by atoms with Gasteiger partial charge in [0, 0.05) is 23.9 Å². The molecule has 0 N–H and O–H groups in total. The van der Waals surface area contributed by atoms with E-state index in [9.17, 15) is 18.0 Å². The van der Waals surface area contributed by atoms with Crippen molar-refractivity contribution >= 4 is 11.6 Å². The maximum Gasteiger partial charge on any atom is 0.419 e. The Morgan fingerprint density at radius 3 is 2.30 bits per heavy atom. The third kappa shape index (κ3) is 4.48. The fourth-order valence-electron chi connectivity index (χ4n) is 4.71. The Hall–Kier alpha value is -3.26. The van der Waals surface area contributed by atoms with Gasteiger partial charge in [-0.25, -0.2) is 0 Å². The molecule has 6 rings (SSSR count). The number of ether oxygens (including phenoxy) is 1. The topological polar surface area (TPSA) is 45.9 Å². The Kier molecular flexibility index (Phi) is 5.62. The molecule has 3 aromatic rings. The van der Waals surface area contributed by atoms with Crippen LogP contribution >= 0.6 is 0 Å². The average Bonchev–Trinajstić information content (AvgIpc) is 3.30. The number of carbonyl (C=O) groups excluding carboxylic acids is 1. The number of nitrogens with zero attached hydrogens (tertiary/aromatic N) is 2. The van der Waals surface area contributed by atoms with Crippen molar-refractivity contribution < 1.29 is 27.1 Å². The summed E-state index contributed by atoms with van der Waals surface area (Å²) in [6.45, 7) is 3.01. The highest BCUT2D eigenvalue weighted by Gasteiger charge is 2.40. The second kappa shape index (κ2) is 8.59. The third-order valence-corrected chi connectivity index (χ3v) is 6.43. The van der Waals surface area contributed by atoms with Crippen LogP contribution in [0.3, 0.4) is 0 Å². The monoisotopic (exact) mass is 456 g/mol. The SMILES string of the molecule is O=C(c1ccc(Oc2cc(C(F)(F)F)co2)cc1)N(c1ccccc1)[C@H]1CN2CCC1CC2. The van der Waals surface area contributed by atoms with Crippen LogP contribution in [0.25, 0.3) is 0 Å². The number of fused-ring (bicyclic) bond motifs is 3. The number of furan rings is 1. The Morgan fingerprint density at radius 1 is 1.03 bits per heavy atom. The zero-order chi connectivity index (χ0) is 23.0. The Morgan fingerprint density at radius 2 is 1.73 bits per heavy atom. The van der Waals surface area contributed by atoms with Crippen LogP contribution in [-0.2, 0) is 6.18 Å². The smallest absolute Gasteiger partial charge is 0.419 e. The predicted octanol–water partition coefficient (Wildman–Crippen LogP) is 5.83. The maximum atomic E-state index is 13.6. The number of halogens is 3. The first-order chi connectivity index (χ1) is 15.9. The van der Waals surface area contributed by atoms with Gasteiger partial charge in [0.05, 0.1) is 11.6 Å². The van der Waals surface area contributed by atoms with Crippen LogP contribution in [0, 0.1) is 5.92 Å². The summed E-state index contributed by atoms with van der Waals surface area (Å²) in [6.07, 6.45) is -1.73. The maximum absolute atomic E-state index is 13.6. The number of carbonyl (C=O) groups is 1. The number of alkyl halides is 3. The molecule has 1 amide bonds. The van der Waals surface area contributed by atoms with Gasteiger partial charge < -0.3 is 19.0 Å². The van der Waals surface area contributed by atoms with E-state index in [0.29, 0.717) is 17.7 Å². The molecular formula is C25H23F3N2O3. The standard InChI is InChI=1S/C25H23F3N2O3/c26-25(27,28)19-14-23(32-16-19)33-21-8-6-18(7-9-21)24(31)30(20-4-2-1-3-5-20)22-15-29-12-10-17(22)11-13-29/h1-9,14,16-17,22H,10-13,15H2/t22-/m0/s1. The van der Waals surface area contributed by atoms with E-state index in [-0.39, 0.29) is 23.6 Å². The summed E-state index contributed by atoms with van der Waals surface area (Å²) in [5.41, 5.74) is 0.426. The summed E-state index contributed by atoms with van der Waals surface area (Å²) in [5.74, 6) is 0.371. The molecule has 0 radical (unpaired) electrons. The van der Waals surface area contributed by atoms with Crippen molar-refractivity contribution in [2.24, 2.45) is 5.92 Å². The van der Waals surface area contributed by atoms with Gasteiger partial charge in [-0.15, -0.1) is 0 Å². The molecule has 0 unspecified atom stereocenters. The molecular weight excluding hydrogens is 433 g/mol. The molecule has 2 aromatic carbocycles. The zero-order valence-corrected chi connectivity index (χ0v) is 17.8. The van der Waals surface area contributed by atoms with Crippen LogP contribution in [0.2, 0.25) is 0 Å². The highest BCUT2D eigenvalue weighted by molar-refractivity contribution is 6.06. The van der Waals surface area contributed by atoms with Crippen molar-refractivity contribution in [2.45, 2.75) is 25.1 Å². The van der Waals surface area contributed by atoms with Crippen LogP contribution in [0.1, 0.15) is 28.8 Å². The highest BCUT2D eigenvalue weighted by Crippen LogP contribution is 2.36. The van der Waals surface area contributed by atoms with Gasteiger partial charge >= 0.3 is 6.18 Å². The molecule has 1 atom stereocenters. The minimum atomic E-state index is -4.50. The predicted molar refractivity (Wildman–Crippen MR) is 116 cm³/mol. The third-order valence-electron chi connectivity index (χ3n) is 6.43. The van der Waals surface area contributed by atoms with Gasteiger partial charge in [0.15, 0.2) is 0 Å². The Labute approximate surface area is 189 Å². The van der Waals surface area contributed by atoms with Crippen molar-refractivity contribution in [3.8, 4) is 11.7 Å². The van der Waals surface area contributed by atoms with Crippen molar-refractivity contribution in [2.75, 3.05) is 24.5 Å². The van der Waals surface area contributed by atoms with Crippen molar-refractivity contribution in [1.29, 1.82) is 0 Å². The lowest BCUT2D eigenvalue weighted by Gasteiger charge is -2.49. The number of hydrogen-bond acceptors (Lipinski definition) is 4. The molecule has 3 aliphatic rings. The summed E-state index contributed by atoms with van der Waals surface area (Å²) in [4.78, 5) is 17.9. The van der Waals surface area contributed by atoms with Gasteiger partial charge in [0.1, 0.15) is 12.0 Å². The molecule has 33 heavy (non-hydrogen) atoms. The van der Waals surface area contributed by atoms with Crippen molar-refractivity contribution in [1.82, 2.24) is 4.90 Å². The molecule has 2 bridgehead atoms. The van der Waals surface area contributed by atoms with Crippen LogP contribution in [0.4, 0.5) is 18.9 Å². The summed E-state index contributed by atoms with van der Waals surface area (Å²) in [6, 6.07) is 16.9. The lowest BCUT2D eigenvalue weighted by Crippen LogP contribution is -2.59. The first-order valence-corrected chi connectivity index (χ1v) is 10.9. The number of hydrogen-bond donors (Lipinski definition) is 0. The fourth-order valence-corrected chi connectivity index (χ4v) is 4.71. The summed E-state index contributed by atoms with van der Waals surface area (Å²) >= 11 is 0. The Balaban J connectivity index is 1.37. The molecule has 172 valence electrons. The molecule has 0 spiro atoms. The first-order valence-electron chi connectivity index (χ1n) is 10.9. The molecule has 1 aromatic heterocycles. The molecule has 3 saturated heterocycles. The average molecular weight is 456 g/mol. The number of amides is 1. The quantitative estimate of drug-likeness (QED) is 0.485. The molecule has 8 heteroatoms. The minimum Gasteiger partial charge on any atom is -0.433 e. The van der Waals surface area contributed by atoms with Gasteiger partial charge in [-0.2, -0.15) is 13.2 Å². The molecule has 0 aliphatic carbocycles. The van der Waals surface area contributed by atoms with E-state index in [1.54, 1.807) is 24.3 Å². The van der Waals surface area contributed by atoms with Gasteiger partial charge in [-0.1, -0.05) is 18.2 Å². The largest absolute Gasteiger partial charge is 0.433 e. The van der Waals surface area contributed by atoms with Crippen molar-refractivity contribution in [3.05, 3.63) is 78.1 Å². The number of para-hydroxylation sites is 1. The van der Waals surface area contributed by atoms with Crippen LogP contribution in [-0.4, -0.2) is 36.5 Å². The number of anilines is 1. The number of benzene rings is 2. The lowest BCUT2D eigenvalue weighted by molar-refractivity contribution is -0.137. The highest BCUT2D eigenvalue weighted by atomic mass is 19.4. The fraction of sp³-hybridized carbons (Fsp3) is 0.320. The number of piperidine rings is 3.